The predicted molar refractivity (Wildman–Crippen MR) is 108 cm³/mol. The van der Waals surface area contributed by atoms with Gasteiger partial charge in [-0.2, -0.15) is 0 Å². The van der Waals surface area contributed by atoms with Crippen LogP contribution in [0, 0.1) is 11.6 Å². The number of pyridine rings is 1. The summed E-state index contributed by atoms with van der Waals surface area (Å²) >= 11 is 6.14. The molecule has 0 aliphatic carbocycles. The van der Waals surface area contributed by atoms with Crippen LogP contribution in [-0.4, -0.2) is 21.6 Å². The van der Waals surface area contributed by atoms with E-state index < -0.39 is 35.5 Å². The first-order chi connectivity index (χ1) is 14.7. The van der Waals surface area contributed by atoms with Gasteiger partial charge in [0.25, 0.3) is 5.56 Å². The highest BCUT2D eigenvalue weighted by atomic mass is 35.5. The van der Waals surface area contributed by atoms with E-state index in [0.29, 0.717) is 6.07 Å². The second-order valence-electron chi connectivity index (χ2n) is 6.46. The number of carbonyl (C=O) groups excluding carboxylic acids is 1. The first-order valence-electron chi connectivity index (χ1n) is 8.80. The van der Waals surface area contributed by atoms with Crippen molar-refractivity contribution in [2.24, 2.45) is 5.73 Å². The fourth-order valence-corrected chi connectivity index (χ4v) is 3.07. The molecule has 2 aromatic carbocycles. The maximum atomic E-state index is 13.8. The van der Waals surface area contributed by atoms with Crippen LogP contribution in [0.1, 0.15) is 21.6 Å². The third-order valence-electron chi connectivity index (χ3n) is 4.31. The van der Waals surface area contributed by atoms with E-state index in [1.54, 1.807) is 0 Å². The van der Waals surface area contributed by atoms with Crippen molar-refractivity contribution in [2.45, 2.75) is 13.0 Å². The molecular formula is C21H15ClF2N2O5. The number of hydrogen-bond donors (Lipinski definition) is 2. The number of carbonyl (C=O) groups is 2. The molecule has 3 rings (SSSR count). The Labute approximate surface area is 179 Å². The molecule has 1 heterocycles. The molecule has 31 heavy (non-hydrogen) atoms. The fraction of sp³-hybridized carbons (Fsp3) is 0.0952. The summed E-state index contributed by atoms with van der Waals surface area (Å²) in [5.74, 6) is -3.75. The third kappa shape index (κ3) is 4.89. The smallest absolute Gasteiger partial charge is 0.309 e. The Morgan fingerprint density at radius 3 is 2.52 bits per heavy atom. The minimum Gasteiger partial charge on any atom is -0.487 e. The summed E-state index contributed by atoms with van der Waals surface area (Å²) < 4.78 is 33.3. The molecule has 0 bridgehead atoms. The maximum absolute atomic E-state index is 13.8. The van der Waals surface area contributed by atoms with Crippen molar-refractivity contribution < 1.29 is 28.2 Å². The number of carboxylic acids is 1. The Bertz CT molecular complexity index is 1240. The van der Waals surface area contributed by atoms with Crippen molar-refractivity contribution in [3.05, 3.63) is 92.4 Å². The fourth-order valence-electron chi connectivity index (χ4n) is 2.88. The number of amides is 1. The van der Waals surface area contributed by atoms with E-state index in [9.17, 15) is 28.3 Å². The van der Waals surface area contributed by atoms with Crippen molar-refractivity contribution >= 4 is 23.5 Å². The highest BCUT2D eigenvalue weighted by Crippen LogP contribution is 2.26. The van der Waals surface area contributed by atoms with E-state index in [-0.39, 0.29) is 39.9 Å². The zero-order valence-corrected chi connectivity index (χ0v) is 16.5. The SMILES string of the molecule is NC(=O)c1cccc(-n2c(CC(=O)O)cc(OCc3ccc(F)cc3F)c(Cl)c2=O)c1. The summed E-state index contributed by atoms with van der Waals surface area (Å²) in [6, 6.07) is 9.84. The number of rotatable bonds is 7. The predicted octanol–water partition coefficient (Wildman–Crippen LogP) is 3.07. The Hall–Kier alpha value is -3.72. The van der Waals surface area contributed by atoms with Gasteiger partial charge in [-0.15, -0.1) is 0 Å². The zero-order chi connectivity index (χ0) is 22.7. The van der Waals surface area contributed by atoms with Crippen LogP contribution in [0.15, 0.2) is 53.3 Å². The average Bonchev–Trinajstić information content (AvgIpc) is 2.70. The molecule has 0 aliphatic rings. The number of ether oxygens (including phenoxy) is 1. The number of aromatic nitrogens is 1. The molecule has 0 atom stereocenters. The molecule has 10 heteroatoms. The number of benzene rings is 2. The van der Waals surface area contributed by atoms with Crippen molar-refractivity contribution in [1.29, 1.82) is 0 Å². The van der Waals surface area contributed by atoms with Crippen molar-refractivity contribution in [1.82, 2.24) is 4.57 Å². The number of aliphatic carboxylic acids is 1. The van der Waals surface area contributed by atoms with Crippen molar-refractivity contribution in [3.8, 4) is 11.4 Å². The van der Waals surface area contributed by atoms with Gasteiger partial charge in [0.05, 0.1) is 6.42 Å². The van der Waals surface area contributed by atoms with Crippen LogP contribution in [0.2, 0.25) is 5.02 Å². The molecule has 1 amide bonds. The van der Waals surface area contributed by atoms with Crippen LogP contribution >= 0.6 is 11.6 Å². The second kappa shape index (κ2) is 8.97. The number of carboxylic acid groups (broad SMARTS) is 1. The minimum absolute atomic E-state index is 0.00176. The van der Waals surface area contributed by atoms with E-state index in [1.807, 2.05) is 0 Å². The van der Waals surface area contributed by atoms with Gasteiger partial charge in [0.15, 0.2) is 0 Å². The number of nitrogens with two attached hydrogens (primary N) is 1. The number of halogens is 3. The standard InChI is InChI=1S/C21H15ClF2N2O5/c22-19-17(31-10-12-4-5-13(23)7-16(12)24)8-15(9-18(27)28)26(21(19)30)14-3-1-2-11(6-14)20(25)29/h1-8H,9-10H2,(H2,25,29)(H,27,28). The summed E-state index contributed by atoms with van der Waals surface area (Å²) in [5, 5.41) is 8.87. The Kier molecular flexibility index (Phi) is 6.36. The van der Waals surface area contributed by atoms with Gasteiger partial charge in [-0.05, 0) is 30.3 Å². The zero-order valence-electron chi connectivity index (χ0n) is 15.8. The number of hydrogen-bond acceptors (Lipinski definition) is 4. The summed E-state index contributed by atoms with van der Waals surface area (Å²) in [6.07, 6.45) is -0.575. The molecule has 0 saturated carbocycles. The molecule has 3 N–H and O–H groups in total. The maximum Gasteiger partial charge on any atom is 0.309 e. The van der Waals surface area contributed by atoms with Crippen LogP contribution in [0.3, 0.4) is 0 Å². The molecule has 0 saturated heterocycles. The van der Waals surface area contributed by atoms with Gasteiger partial charge >= 0.3 is 5.97 Å². The van der Waals surface area contributed by atoms with Gasteiger partial charge < -0.3 is 15.6 Å². The Balaban J connectivity index is 2.06. The quantitative estimate of drug-likeness (QED) is 0.577. The second-order valence-corrected chi connectivity index (χ2v) is 6.84. The van der Waals surface area contributed by atoms with E-state index in [4.69, 9.17) is 22.1 Å². The van der Waals surface area contributed by atoms with E-state index in [1.165, 1.54) is 36.4 Å². The summed E-state index contributed by atoms with van der Waals surface area (Å²) in [7, 11) is 0. The number of nitrogens with zero attached hydrogens (tertiary/aromatic N) is 1. The van der Waals surface area contributed by atoms with Crippen molar-refractivity contribution in [2.75, 3.05) is 0 Å². The van der Waals surface area contributed by atoms with Gasteiger partial charge in [-0.25, -0.2) is 8.78 Å². The van der Waals surface area contributed by atoms with E-state index in [2.05, 4.69) is 0 Å². The summed E-state index contributed by atoms with van der Waals surface area (Å²) in [4.78, 5) is 35.7. The van der Waals surface area contributed by atoms with E-state index >= 15 is 0 Å². The molecule has 160 valence electrons. The van der Waals surface area contributed by atoms with Crippen LogP contribution in [-0.2, 0) is 17.8 Å². The number of primary amides is 1. The highest BCUT2D eigenvalue weighted by molar-refractivity contribution is 6.31. The van der Waals surface area contributed by atoms with Gasteiger partial charge in [0.2, 0.25) is 5.91 Å². The van der Waals surface area contributed by atoms with Gasteiger partial charge in [0, 0.05) is 34.6 Å². The lowest BCUT2D eigenvalue weighted by Gasteiger charge is -2.16. The average molecular weight is 449 g/mol. The first-order valence-corrected chi connectivity index (χ1v) is 9.18. The van der Waals surface area contributed by atoms with E-state index in [0.717, 1.165) is 10.6 Å². The lowest BCUT2D eigenvalue weighted by molar-refractivity contribution is -0.136. The van der Waals surface area contributed by atoms with Crippen LogP contribution in [0.25, 0.3) is 5.69 Å². The Morgan fingerprint density at radius 2 is 1.87 bits per heavy atom. The summed E-state index contributed by atoms with van der Waals surface area (Å²) in [5.41, 5.74) is 4.75. The van der Waals surface area contributed by atoms with Crippen LogP contribution in [0.4, 0.5) is 8.78 Å². The lowest BCUT2D eigenvalue weighted by Crippen LogP contribution is -2.25. The third-order valence-corrected chi connectivity index (χ3v) is 4.66. The normalized spacial score (nSPS) is 10.7. The van der Waals surface area contributed by atoms with Gasteiger partial charge in [0.1, 0.15) is 29.0 Å². The van der Waals surface area contributed by atoms with Crippen LogP contribution < -0.4 is 16.0 Å². The molecular weight excluding hydrogens is 434 g/mol. The first kappa shape index (κ1) is 22.0. The molecule has 0 unspecified atom stereocenters. The molecule has 0 fully saturated rings. The monoisotopic (exact) mass is 448 g/mol. The summed E-state index contributed by atoms with van der Waals surface area (Å²) in [6.45, 7) is -0.376. The van der Waals surface area contributed by atoms with Gasteiger partial charge in [-0.1, -0.05) is 17.7 Å². The largest absolute Gasteiger partial charge is 0.487 e. The molecule has 0 radical (unpaired) electrons. The molecule has 1 aromatic heterocycles. The highest BCUT2D eigenvalue weighted by Gasteiger charge is 2.19. The molecule has 0 aliphatic heterocycles. The van der Waals surface area contributed by atoms with Crippen LogP contribution in [0.5, 0.6) is 5.75 Å². The molecule has 7 nitrogen and oxygen atoms in total. The van der Waals surface area contributed by atoms with Crippen molar-refractivity contribution in [3.63, 3.8) is 0 Å². The minimum atomic E-state index is -1.24. The topological polar surface area (TPSA) is 112 Å². The Morgan fingerprint density at radius 1 is 1.13 bits per heavy atom. The van der Waals surface area contributed by atoms with Gasteiger partial charge in [-0.3, -0.25) is 19.0 Å². The molecule has 3 aromatic rings. The lowest BCUT2D eigenvalue weighted by atomic mass is 10.1. The molecule has 0 spiro atoms.